The molecule has 0 bridgehead atoms. The highest BCUT2D eigenvalue weighted by Gasteiger charge is 2.11. The van der Waals surface area contributed by atoms with Crippen LogP contribution in [0, 0.1) is 0 Å². The average molecular weight is 394 g/mol. The highest BCUT2D eigenvalue weighted by atomic mass is 32.1. The van der Waals surface area contributed by atoms with Crippen molar-refractivity contribution in [3.05, 3.63) is 108 Å². The number of benzene rings is 4. The maximum Gasteiger partial charge on any atom is 0.257 e. The van der Waals surface area contributed by atoms with Crippen molar-refractivity contribution in [3.8, 4) is 0 Å². The molecule has 4 aromatic carbocycles. The topological polar surface area (TPSA) is 42.0 Å². The Bertz CT molecular complexity index is 1310. The van der Waals surface area contributed by atoms with Gasteiger partial charge in [0.05, 0.1) is 10.2 Å². The molecule has 1 heterocycles. The van der Waals surface area contributed by atoms with Crippen LogP contribution < -0.4 is 5.32 Å². The number of thiazole rings is 1. The van der Waals surface area contributed by atoms with E-state index in [0.717, 1.165) is 22.0 Å². The van der Waals surface area contributed by atoms with E-state index >= 15 is 0 Å². The van der Waals surface area contributed by atoms with Crippen molar-refractivity contribution >= 4 is 43.4 Å². The molecule has 0 saturated carbocycles. The molecular formula is C25H18N2OS. The minimum atomic E-state index is -0.139. The fraction of sp³-hybridized carbons (Fsp3) is 0.0400. The maximum absolute atomic E-state index is 12.7. The van der Waals surface area contributed by atoms with Gasteiger partial charge in [0.25, 0.3) is 5.91 Å². The Morgan fingerprint density at radius 1 is 0.793 bits per heavy atom. The molecule has 1 N–H and O–H groups in total. The number of amides is 1. The van der Waals surface area contributed by atoms with E-state index in [9.17, 15) is 4.79 Å². The molecule has 0 aliphatic carbocycles. The molecule has 1 aromatic heterocycles. The number of carbonyl (C=O) groups excluding carboxylic acids is 1. The fourth-order valence-corrected chi connectivity index (χ4v) is 4.48. The van der Waals surface area contributed by atoms with Crippen molar-refractivity contribution < 1.29 is 4.79 Å². The number of aromatic nitrogens is 1. The molecule has 0 radical (unpaired) electrons. The first-order chi connectivity index (χ1) is 14.3. The van der Waals surface area contributed by atoms with Crippen molar-refractivity contribution in [1.29, 1.82) is 0 Å². The normalized spacial score (nSPS) is 11.0. The number of rotatable bonds is 4. The first kappa shape index (κ1) is 17.6. The Morgan fingerprint density at radius 2 is 1.52 bits per heavy atom. The number of nitrogens with zero attached hydrogens (tertiary/aromatic N) is 1. The zero-order valence-electron chi connectivity index (χ0n) is 15.6. The summed E-state index contributed by atoms with van der Waals surface area (Å²) in [5.74, 6) is -0.139. The van der Waals surface area contributed by atoms with Crippen LogP contribution >= 0.6 is 11.3 Å². The second-order valence-electron chi connectivity index (χ2n) is 6.97. The van der Waals surface area contributed by atoms with E-state index in [4.69, 9.17) is 0 Å². The number of nitrogens with one attached hydrogen (secondary N) is 1. The number of hydrogen-bond donors (Lipinski definition) is 1. The number of carbonyl (C=O) groups is 1. The molecule has 0 spiro atoms. The van der Waals surface area contributed by atoms with Gasteiger partial charge in [-0.05, 0) is 41.1 Å². The third-order valence-electron chi connectivity index (χ3n) is 4.97. The second kappa shape index (κ2) is 7.49. The van der Waals surface area contributed by atoms with Gasteiger partial charge in [-0.3, -0.25) is 10.1 Å². The zero-order chi connectivity index (χ0) is 19.6. The van der Waals surface area contributed by atoms with Crippen LogP contribution in [0.15, 0.2) is 91.0 Å². The number of hydrogen-bond acceptors (Lipinski definition) is 3. The lowest BCUT2D eigenvalue weighted by molar-refractivity contribution is 0.102. The van der Waals surface area contributed by atoms with Crippen LogP contribution in [0.25, 0.3) is 21.0 Å². The van der Waals surface area contributed by atoms with Crippen LogP contribution in [0.4, 0.5) is 5.13 Å². The van der Waals surface area contributed by atoms with Crippen molar-refractivity contribution in [1.82, 2.24) is 4.98 Å². The quantitative estimate of drug-likeness (QED) is 0.389. The lowest BCUT2D eigenvalue weighted by Gasteiger charge is -2.05. The zero-order valence-corrected chi connectivity index (χ0v) is 16.4. The van der Waals surface area contributed by atoms with Crippen LogP contribution in [0.1, 0.15) is 21.5 Å². The maximum atomic E-state index is 12.7. The van der Waals surface area contributed by atoms with Gasteiger partial charge in [0, 0.05) is 10.9 Å². The van der Waals surface area contributed by atoms with Gasteiger partial charge in [-0.25, -0.2) is 4.98 Å². The van der Waals surface area contributed by atoms with Crippen molar-refractivity contribution in [2.75, 3.05) is 5.32 Å². The molecule has 0 atom stereocenters. The molecular weight excluding hydrogens is 376 g/mol. The summed E-state index contributed by atoms with van der Waals surface area (Å²) in [5.41, 5.74) is 3.97. The van der Waals surface area contributed by atoms with Gasteiger partial charge in [-0.15, -0.1) is 0 Å². The molecule has 5 rings (SSSR count). The van der Waals surface area contributed by atoms with Gasteiger partial charge < -0.3 is 0 Å². The Hall–Kier alpha value is -3.50. The van der Waals surface area contributed by atoms with E-state index in [1.807, 2.05) is 60.7 Å². The average Bonchev–Trinajstić information content (AvgIpc) is 3.18. The minimum Gasteiger partial charge on any atom is -0.298 e. The van der Waals surface area contributed by atoms with Gasteiger partial charge in [0.1, 0.15) is 0 Å². The van der Waals surface area contributed by atoms with Crippen molar-refractivity contribution in [3.63, 3.8) is 0 Å². The first-order valence-electron chi connectivity index (χ1n) is 9.49. The van der Waals surface area contributed by atoms with Crippen LogP contribution in [0.2, 0.25) is 0 Å². The smallest absolute Gasteiger partial charge is 0.257 e. The van der Waals surface area contributed by atoms with Gasteiger partial charge in [0.2, 0.25) is 0 Å². The largest absolute Gasteiger partial charge is 0.298 e. The Balaban J connectivity index is 1.35. The summed E-state index contributed by atoms with van der Waals surface area (Å²) in [7, 11) is 0. The molecule has 140 valence electrons. The summed E-state index contributed by atoms with van der Waals surface area (Å²) in [6.45, 7) is 0. The Labute approximate surface area is 172 Å². The van der Waals surface area contributed by atoms with E-state index in [1.165, 1.54) is 27.8 Å². The summed E-state index contributed by atoms with van der Waals surface area (Å²) >= 11 is 1.51. The van der Waals surface area contributed by atoms with Gasteiger partial charge in [-0.2, -0.15) is 0 Å². The molecule has 5 aromatic rings. The molecule has 4 heteroatoms. The molecule has 0 aliphatic rings. The Morgan fingerprint density at radius 3 is 2.34 bits per heavy atom. The summed E-state index contributed by atoms with van der Waals surface area (Å²) in [6, 6.07) is 30.4. The highest BCUT2D eigenvalue weighted by Crippen LogP contribution is 2.32. The van der Waals surface area contributed by atoms with E-state index in [1.54, 1.807) is 0 Å². The molecule has 0 saturated heterocycles. The highest BCUT2D eigenvalue weighted by molar-refractivity contribution is 7.23. The SMILES string of the molecule is O=C(Nc1nc2ccc3ccccc3c2s1)c1ccc(Cc2ccccc2)cc1. The van der Waals surface area contributed by atoms with Crippen molar-refractivity contribution in [2.45, 2.75) is 6.42 Å². The van der Waals surface area contributed by atoms with E-state index in [-0.39, 0.29) is 5.91 Å². The standard InChI is InChI=1S/C25H18N2OS/c28-24(20-12-10-18(11-13-20)16-17-6-2-1-3-7-17)27-25-26-22-15-14-19-8-4-5-9-21(19)23(22)29-25/h1-15H,16H2,(H,26,27,28). The molecule has 29 heavy (non-hydrogen) atoms. The van der Waals surface area contributed by atoms with Crippen LogP contribution in [0.5, 0.6) is 0 Å². The summed E-state index contributed by atoms with van der Waals surface area (Å²) in [5, 5.41) is 5.91. The van der Waals surface area contributed by atoms with Gasteiger partial charge >= 0.3 is 0 Å². The summed E-state index contributed by atoms with van der Waals surface area (Å²) < 4.78 is 1.09. The Kier molecular flexibility index (Phi) is 4.54. The lowest BCUT2D eigenvalue weighted by Crippen LogP contribution is -2.11. The molecule has 1 amide bonds. The predicted molar refractivity (Wildman–Crippen MR) is 121 cm³/mol. The molecule has 0 unspecified atom stereocenters. The second-order valence-corrected chi connectivity index (χ2v) is 7.97. The molecule has 0 fully saturated rings. The van der Waals surface area contributed by atoms with Crippen LogP contribution in [-0.4, -0.2) is 10.9 Å². The molecule has 0 aliphatic heterocycles. The third kappa shape index (κ3) is 3.62. The van der Waals surface area contributed by atoms with E-state index in [2.05, 4.69) is 40.6 Å². The van der Waals surface area contributed by atoms with Crippen LogP contribution in [0.3, 0.4) is 0 Å². The number of anilines is 1. The monoisotopic (exact) mass is 394 g/mol. The van der Waals surface area contributed by atoms with Crippen LogP contribution in [-0.2, 0) is 6.42 Å². The minimum absolute atomic E-state index is 0.139. The first-order valence-corrected chi connectivity index (χ1v) is 10.3. The fourth-order valence-electron chi connectivity index (χ4n) is 3.48. The number of fused-ring (bicyclic) bond motifs is 3. The van der Waals surface area contributed by atoms with Crippen molar-refractivity contribution in [2.24, 2.45) is 0 Å². The summed E-state index contributed by atoms with van der Waals surface area (Å²) in [4.78, 5) is 17.3. The van der Waals surface area contributed by atoms with Gasteiger partial charge in [-0.1, -0.05) is 84.1 Å². The van der Waals surface area contributed by atoms with Gasteiger partial charge in [0.15, 0.2) is 5.13 Å². The summed E-state index contributed by atoms with van der Waals surface area (Å²) in [6.07, 6.45) is 0.855. The predicted octanol–water partition coefficient (Wildman–Crippen LogP) is 6.29. The van der Waals surface area contributed by atoms with E-state index in [0.29, 0.717) is 10.7 Å². The lowest BCUT2D eigenvalue weighted by atomic mass is 10.0. The molecule has 3 nitrogen and oxygen atoms in total. The van der Waals surface area contributed by atoms with E-state index < -0.39 is 0 Å². The third-order valence-corrected chi connectivity index (χ3v) is 5.99.